The van der Waals surface area contributed by atoms with Gasteiger partial charge in [0, 0.05) is 31.7 Å². The summed E-state index contributed by atoms with van der Waals surface area (Å²) < 4.78 is 10.3. The van der Waals surface area contributed by atoms with Gasteiger partial charge in [0.2, 0.25) is 5.82 Å². The molecule has 1 aliphatic rings. The van der Waals surface area contributed by atoms with E-state index in [2.05, 4.69) is 25.9 Å². The van der Waals surface area contributed by atoms with Crippen LogP contribution in [0.1, 0.15) is 48.8 Å². The van der Waals surface area contributed by atoms with Gasteiger partial charge in [-0.15, -0.1) is 24.8 Å². The van der Waals surface area contributed by atoms with Crippen molar-refractivity contribution >= 4 is 53.3 Å². The summed E-state index contributed by atoms with van der Waals surface area (Å²) in [4.78, 5) is 22.1. The van der Waals surface area contributed by atoms with E-state index in [9.17, 15) is 4.79 Å². The highest BCUT2D eigenvalue weighted by Crippen LogP contribution is 2.27. The van der Waals surface area contributed by atoms with Crippen LogP contribution in [0.25, 0.3) is 10.9 Å². The highest BCUT2D eigenvalue weighted by Gasteiger charge is 2.27. The van der Waals surface area contributed by atoms with Gasteiger partial charge in [0.1, 0.15) is 5.82 Å². The molecule has 0 spiro atoms. The lowest BCUT2D eigenvalue weighted by Gasteiger charge is -2.33. The van der Waals surface area contributed by atoms with Gasteiger partial charge in [0.25, 0.3) is 5.91 Å². The van der Waals surface area contributed by atoms with Gasteiger partial charge < -0.3 is 25.4 Å². The lowest BCUT2D eigenvalue weighted by molar-refractivity contribution is 0.0771. The molecule has 190 valence electrons. The average molecular weight is 515 g/mol. The number of fused-ring (bicyclic) bond motifs is 1. The molecule has 34 heavy (non-hydrogen) atoms. The molecule has 3 rings (SSSR count). The summed E-state index contributed by atoms with van der Waals surface area (Å²) in [7, 11) is 3.16. The van der Waals surface area contributed by atoms with Gasteiger partial charge in [-0.3, -0.25) is 10.2 Å². The number of nitrogens with one attached hydrogen (secondary N) is 4. The number of anilines is 1. The molecule has 4 N–H and O–H groups in total. The van der Waals surface area contributed by atoms with E-state index in [0.717, 1.165) is 36.6 Å². The molecule has 1 aliphatic carbocycles. The number of ether oxygens (including phenoxy) is 2. The van der Waals surface area contributed by atoms with Crippen molar-refractivity contribution in [3.05, 3.63) is 29.6 Å². The van der Waals surface area contributed by atoms with Crippen LogP contribution in [0.3, 0.4) is 0 Å². The molecule has 1 aromatic heterocycles. The Kier molecular flexibility index (Phi) is 12.5. The minimum atomic E-state index is -0.372. The van der Waals surface area contributed by atoms with Gasteiger partial charge in [0.15, 0.2) is 0 Å². The largest absolute Gasteiger partial charge is 0.382 e. The number of carbonyl (C=O) groups excluding carboxylic acids is 1. The first kappa shape index (κ1) is 29.8. The number of amides is 1. The summed E-state index contributed by atoms with van der Waals surface area (Å²) in [6, 6.07) is 5.87. The number of aromatic nitrogens is 2. The van der Waals surface area contributed by atoms with Gasteiger partial charge >= 0.3 is 0 Å². The standard InChI is InChI=1S/C23H34N6O3.2ClH/c1-14-9-10-18-17(11-14)21(28-20-8-6-5-7-19(20)25-15(2)24)29-22(27-18)23(30)26-16(12-31-3)13-32-4;;/h9-11,16,19-20H,5-8,12-13H2,1-4H3,(H2,24,25)(H,26,30)(H,27,28,29);2*1H/t19-,20+;;/m1../s1. The van der Waals surface area contributed by atoms with Crippen molar-refractivity contribution in [1.29, 1.82) is 5.41 Å². The van der Waals surface area contributed by atoms with Crippen molar-refractivity contribution in [3.8, 4) is 0 Å². The molecule has 0 saturated heterocycles. The third-order valence-electron chi connectivity index (χ3n) is 5.62. The lowest BCUT2D eigenvalue weighted by Crippen LogP contribution is -2.48. The smallest absolute Gasteiger partial charge is 0.289 e. The number of benzene rings is 1. The van der Waals surface area contributed by atoms with Gasteiger partial charge in [0.05, 0.1) is 30.6 Å². The maximum absolute atomic E-state index is 13.0. The van der Waals surface area contributed by atoms with E-state index in [1.54, 1.807) is 21.1 Å². The number of hydrogen-bond acceptors (Lipinski definition) is 7. The molecular weight excluding hydrogens is 479 g/mol. The molecular formula is C23H36Cl2N6O3. The van der Waals surface area contributed by atoms with E-state index in [1.807, 2.05) is 25.1 Å². The van der Waals surface area contributed by atoms with Crippen LogP contribution in [0.2, 0.25) is 0 Å². The average Bonchev–Trinajstić information content (AvgIpc) is 2.75. The summed E-state index contributed by atoms with van der Waals surface area (Å²) in [5, 5.41) is 18.5. The Labute approximate surface area is 213 Å². The molecule has 0 aliphatic heterocycles. The fourth-order valence-corrected chi connectivity index (χ4v) is 4.17. The molecule has 1 saturated carbocycles. The number of carbonyl (C=O) groups is 1. The van der Waals surface area contributed by atoms with Gasteiger partial charge in [-0.1, -0.05) is 24.5 Å². The molecule has 9 nitrogen and oxygen atoms in total. The van der Waals surface area contributed by atoms with E-state index in [0.29, 0.717) is 30.4 Å². The van der Waals surface area contributed by atoms with Gasteiger partial charge in [-0.05, 0) is 38.8 Å². The normalized spacial score (nSPS) is 17.4. The maximum Gasteiger partial charge on any atom is 0.289 e. The Hall–Kier alpha value is -2.20. The molecule has 1 amide bonds. The third-order valence-corrected chi connectivity index (χ3v) is 5.62. The van der Waals surface area contributed by atoms with Gasteiger partial charge in [-0.25, -0.2) is 9.97 Å². The highest BCUT2D eigenvalue weighted by molar-refractivity contribution is 5.96. The van der Waals surface area contributed by atoms with Crippen LogP contribution in [0.15, 0.2) is 18.2 Å². The Bertz CT molecular complexity index is 956. The summed E-state index contributed by atoms with van der Waals surface area (Å²) in [6.45, 7) is 4.44. The summed E-state index contributed by atoms with van der Waals surface area (Å²) >= 11 is 0. The quantitative estimate of drug-likeness (QED) is 0.298. The number of methoxy groups -OCH3 is 2. The van der Waals surface area contributed by atoms with E-state index in [1.165, 1.54) is 0 Å². The monoisotopic (exact) mass is 514 g/mol. The second kappa shape index (κ2) is 14.3. The predicted molar refractivity (Wildman–Crippen MR) is 140 cm³/mol. The van der Waals surface area contributed by atoms with Crippen LogP contribution < -0.4 is 16.0 Å². The first-order chi connectivity index (χ1) is 15.4. The summed E-state index contributed by atoms with van der Waals surface area (Å²) in [5.41, 5.74) is 1.80. The Morgan fingerprint density at radius 2 is 1.76 bits per heavy atom. The molecule has 1 heterocycles. The Morgan fingerprint density at radius 3 is 2.38 bits per heavy atom. The molecule has 11 heteroatoms. The van der Waals surface area contributed by atoms with E-state index < -0.39 is 0 Å². The Balaban J connectivity index is 0.00000289. The minimum absolute atomic E-state index is 0. The maximum atomic E-state index is 13.0. The summed E-state index contributed by atoms with van der Waals surface area (Å²) in [6.07, 6.45) is 4.19. The van der Waals surface area contributed by atoms with Crippen LogP contribution in [0.5, 0.6) is 0 Å². The molecule has 1 aromatic carbocycles. The molecule has 1 fully saturated rings. The van der Waals surface area contributed by atoms with Crippen LogP contribution in [-0.2, 0) is 9.47 Å². The molecule has 2 aromatic rings. The second-order valence-corrected chi connectivity index (χ2v) is 8.41. The number of rotatable bonds is 9. The fourth-order valence-electron chi connectivity index (χ4n) is 4.17. The summed E-state index contributed by atoms with van der Waals surface area (Å²) in [5.74, 6) is 0.822. The SMILES string of the molecule is COCC(COC)NC(=O)c1nc(N[C@H]2CCCC[C@H]2NC(C)=N)c2cc(C)ccc2n1.Cl.Cl. The molecule has 0 bridgehead atoms. The number of halogens is 2. The zero-order valence-corrected chi connectivity index (χ0v) is 21.8. The van der Waals surface area contributed by atoms with Gasteiger partial charge in [-0.2, -0.15) is 0 Å². The predicted octanol–water partition coefficient (Wildman–Crippen LogP) is 3.48. The minimum Gasteiger partial charge on any atom is -0.382 e. The first-order valence-corrected chi connectivity index (χ1v) is 11.1. The van der Waals surface area contributed by atoms with E-state index in [4.69, 9.17) is 14.9 Å². The number of nitrogens with zero attached hydrogens (tertiary/aromatic N) is 2. The van der Waals surface area contributed by atoms with E-state index in [-0.39, 0.29) is 54.7 Å². The number of amidine groups is 1. The molecule has 0 radical (unpaired) electrons. The molecule has 2 atom stereocenters. The van der Waals surface area contributed by atoms with Crippen molar-refractivity contribution in [2.24, 2.45) is 0 Å². The third kappa shape index (κ3) is 7.94. The Morgan fingerprint density at radius 1 is 1.12 bits per heavy atom. The van der Waals surface area contributed by atoms with Crippen molar-refractivity contribution in [3.63, 3.8) is 0 Å². The topological polar surface area (TPSA) is 121 Å². The van der Waals surface area contributed by atoms with Crippen LogP contribution >= 0.6 is 24.8 Å². The zero-order valence-electron chi connectivity index (χ0n) is 20.1. The van der Waals surface area contributed by atoms with Crippen LogP contribution in [0.4, 0.5) is 5.82 Å². The number of hydrogen-bond donors (Lipinski definition) is 4. The van der Waals surface area contributed by atoms with Crippen molar-refractivity contribution < 1.29 is 14.3 Å². The van der Waals surface area contributed by atoms with Crippen LogP contribution in [0, 0.1) is 12.3 Å². The highest BCUT2D eigenvalue weighted by atomic mass is 35.5. The van der Waals surface area contributed by atoms with Crippen molar-refractivity contribution in [2.75, 3.05) is 32.8 Å². The van der Waals surface area contributed by atoms with E-state index >= 15 is 0 Å². The lowest BCUT2D eigenvalue weighted by atomic mass is 9.90. The fraction of sp³-hybridized carbons (Fsp3) is 0.565. The molecule has 0 unspecified atom stereocenters. The van der Waals surface area contributed by atoms with Crippen LogP contribution in [-0.4, -0.2) is 67.3 Å². The van der Waals surface area contributed by atoms with Crippen molar-refractivity contribution in [1.82, 2.24) is 20.6 Å². The second-order valence-electron chi connectivity index (χ2n) is 8.41. The van der Waals surface area contributed by atoms with Crippen molar-refractivity contribution in [2.45, 2.75) is 57.7 Å². The first-order valence-electron chi connectivity index (χ1n) is 11.1. The zero-order chi connectivity index (χ0) is 23.1. The number of aryl methyl sites for hydroxylation is 1.